The smallest absolute Gasteiger partial charge is 0.310 e. The van der Waals surface area contributed by atoms with Crippen LogP contribution in [-0.2, 0) is 16.0 Å². The maximum Gasteiger partial charge on any atom is 0.310 e. The first-order valence-corrected chi connectivity index (χ1v) is 8.18. The van der Waals surface area contributed by atoms with E-state index in [2.05, 4.69) is 30.9 Å². The lowest BCUT2D eigenvalue weighted by molar-refractivity contribution is -0.148. The third-order valence-electron chi connectivity index (χ3n) is 3.50. The van der Waals surface area contributed by atoms with E-state index in [4.69, 9.17) is 9.47 Å². The van der Waals surface area contributed by atoms with Crippen LogP contribution in [0.1, 0.15) is 24.4 Å². The molecule has 0 aliphatic heterocycles. The van der Waals surface area contributed by atoms with Crippen molar-refractivity contribution in [1.29, 1.82) is 0 Å². The molecule has 3 rings (SSSR count). The van der Waals surface area contributed by atoms with Gasteiger partial charge in [0.25, 0.3) is 0 Å². The molecule has 0 saturated heterocycles. The summed E-state index contributed by atoms with van der Waals surface area (Å²) in [6, 6.07) is 9.22. The predicted octanol–water partition coefficient (Wildman–Crippen LogP) is 3.58. The summed E-state index contributed by atoms with van der Waals surface area (Å²) >= 11 is 3.36. The number of hydrogen-bond donors (Lipinski definition) is 1. The summed E-state index contributed by atoms with van der Waals surface area (Å²) in [5, 5.41) is 0. The molecule has 0 spiro atoms. The Balaban J connectivity index is 1.68. The molecule has 24 heavy (non-hydrogen) atoms. The minimum atomic E-state index is -0.490. The summed E-state index contributed by atoms with van der Waals surface area (Å²) in [6.07, 6.45) is 1.36. The molecule has 2 heterocycles. The Morgan fingerprint density at radius 2 is 2.21 bits per heavy atom. The Morgan fingerprint density at radius 1 is 1.38 bits per heavy atom. The summed E-state index contributed by atoms with van der Waals surface area (Å²) in [5.74, 6) is 0.947. The van der Waals surface area contributed by atoms with E-state index in [1.54, 1.807) is 20.2 Å². The Kier molecular flexibility index (Phi) is 4.80. The average molecular weight is 390 g/mol. The minimum Gasteiger partial charge on any atom is -0.497 e. The van der Waals surface area contributed by atoms with Crippen molar-refractivity contribution in [2.45, 2.75) is 19.4 Å². The molecule has 124 valence electrons. The molecular weight excluding hydrogens is 374 g/mol. The number of rotatable bonds is 5. The van der Waals surface area contributed by atoms with E-state index < -0.39 is 6.10 Å². The van der Waals surface area contributed by atoms with Crippen LogP contribution in [0.2, 0.25) is 0 Å². The number of nitrogens with zero attached hydrogens (tertiary/aromatic N) is 2. The van der Waals surface area contributed by atoms with E-state index in [1.807, 2.05) is 30.3 Å². The van der Waals surface area contributed by atoms with Gasteiger partial charge in [0.1, 0.15) is 11.6 Å². The van der Waals surface area contributed by atoms with Gasteiger partial charge < -0.3 is 14.5 Å². The molecule has 1 aromatic carbocycles. The number of pyridine rings is 1. The number of carbonyl (C=O) groups is 1. The number of hydrogen-bond acceptors (Lipinski definition) is 5. The van der Waals surface area contributed by atoms with Gasteiger partial charge in [-0.1, -0.05) is 12.1 Å². The van der Waals surface area contributed by atoms with E-state index in [0.29, 0.717) is 17.2 Å². The number of halogens is 1. The van der Waals surface area contributed by atoms with Gasteiger partial charge in [-0.25, -0.2) is 9.97 Å². The number of nitrogens with one attached hydrogen (secondary N) is 1. The number of methoxy groups -OCH3 is 1. The molecule has 7 heteroatoms. The van der Waals surface area contributed by atoms with Crippen LogP contribution in [0, 0.1) is 0 Å². The van der Waals surface area contributed by atoms with Crippen molar-refractivity contribution >= 4 is 33.1 Å². The summed E-state index contributed by atoms with van der Waals surface area (Å²) in [5.41, 5.74) is 2.21. The number of H-pyrrole nitrogens is 1. The summed E-state index contributed by atoms with van der Waals surface area (Å²) in [4.78, 5) is 23.8. The number of aromatic nitrogens is 3. The van der Waals surface area contributed by atoms with E-state index in [0.717, 1.165) is 15.6 Å². The maximum atomic E-state index is 12.1. The zero-order chi connectivity index (χ0) is 17.1. The van der Waals surface area contributed by atoms with Gasteiger partial charge in [-0.05, 0) is 46.6 Å². The first-order valence-electron chi connectivity index (χ1n) is 7.38. The molecule has 0 aliphatic rings. The fourth-order valence-corrected chi connectivity index (χ4v) is 2.66. The Labute approximate surface area is 147 Å². The van der Waals surface area contributed by atoms with Crippen molar-refractivity contribution in [3.05, 3.63) is 52.4 Å². The lowest BCUT2D eigenvalue weighted by Crippen LogP contribution is -2.12. The topological polar surface area (TPSA) is 77.1 Å². The quantitative estimate of drug-likeness (QED) is 0.674. The second-order valence-electron chi connectivity index (χ2n) is 5.31. The van der Waals surface area contributed by atoms with Crippen molar-refractivity contribution in [2.24, 2.45) is 0 Å². The van der Waals surface area contributed by atoms with E-state index >= 15 is 0 Å². The monoisotopic (exact) mass is 389 g/mol. The van der Waals surface area contributed by atoms with Crippen LogP contribution in [0.15, 0.2) is 41.0 Å². The maximum absolute atomic E-state index is 12.1. The number of imidazole rings is 1. The van der Waals surface area contributed by atoms with Gasteiger partial charge in [-0.3, -0.25) is 4.79 Å². The van der Waals surface area contributed by atoms with Gasteiger partial charge in [0.05, 0.1) is 19.0 Å². The van der Waals surface area contributed by atoms with Crippen LogP contribution in [0.3, 0.4) is 0 Å². The average Bonchev–Trinajstić information content (AvgIpc) is 2.98. The molecule has 0 amide bonds. The van der Waals surface area contributed by atoms with Gasteiger partial charge in [-0.15, -0.1) is 0 Å². The van der Waals surface area contributed by atoms with Crippen LogP contribution in [-0.4, -0.2) is 28.0 Å². The highest BCUT2D eigenvalue weighted by Gasteiger charge is 2.16. The van der Waals surface area contributed by atoms with Gasteiger partial charge in [0, 0.05) is 10.7 Å². The zero-order valence-electron chi connectivity index (χ0n) is 13.2. The zero-order valence-corrected chi connectivity index (χ0v) is 14.8. The molecular formula is C17H16BrN3O3. The van der Waals surface area contributed by atoms with E-state index in [1.165, 1.54) is 0 Å². The predicted molar refractivity (Wildman–Crippen MR) is 92.8 cm³/mol. The number of ether oxygens (including phenoxy) is 2. The van der Waals surface area contributed by atoms with Crippen LogP contribution in [0.25, 0.3) is 11.2 Å². The van der Waals surface area contributed by atoms with Crippen molar-refractivity contribution in [3.63, 3.8) is 0 Å². The Morgan fingerprint density at radius 3 is 3.00 bits per heavy atom. The van der Waals surface area contributed by atoms with Crippen LogP contribution < -0.4 is 4.74 Å². The highest BCUT2D eigenvalue weighted by molar-refractivity contribution is 9.10. The summed E-state index contributed by atoms with van der Waals surface area (Å²) in [7, 11) is 1.59. The Hall–Kier alpha value is -2.41. The van der Waals surface area contributed by atoms with E-state index in [-0.39, 0.29) is 12.4 Å². The molecule has 2 aromatic heterocycles. The van der Waals surface area contributed by atoms with Gasteiger partial charge >= 0.3 is 5.97 Å². The lowest BCUT2D eigenvalue weighted by Gasteiger charge is -2.11. The van der Waals surface area contributed by atoms with Gasteiger partial charge in [0.15, 0.2) is 11.8 Å². The number of esters is 1. The fraction of sp³-hybridized carbons (Fsp3) is 0.235. The second-order valence-corrected chi connectivity index (χ2v) is 6.22. The molecule has 1 N–H and O–H groups in total. The first-order chi connectivity index (χ1) is 11.5. The molecule has 0 bridgehead atoms. The van der Waals surface area contributed by atoms with Crippen molar-refractivity contribution in [3.8, 4) is 5.75 Å². The van der Waals surface area contributed by atoms with Crippen LogP contribution in [0.4, 0.5) is 0 Å². The number of aromatic amines is 1. The first kappa shape index (κ1) is 16.4. The summed E-state index contributed by atoms with van der Waals surface area (Å²) in [6.45, 7) is 1.77. The lowest BCUT2D eigenvalue weighted by atomic mass is 10.1. The molecule has 0 radical (unpaired) electrons. The number of benzene rings is 1. The SMILES string of the molecule is COc1cccc(CC(=O)O[C@H](C)c2nc3ncc(Br)cc3[nH]2)c1. The van der Waals surface area contributed by atoms with Gasteiger partial charge in [-0.2, -0.15) is 0 Å². The molecule has 0 saturated carbocycles. The molecule has 0 unspecified atom stereocenters. The van der Waals surface area contributed by atoms with E-state index in [9.17, 15) is 4.79 Å². The molecule has 6 nitrogen and oxygen atoms in total. The normalized spacial score (nSPS) is 12.1. The van der Waals surface area contributed by atoms with Crippen LogP contribution >= 0.6 is 15.9 Å². The molecule has 3 aromatic rings. The largest absolute Gasteiger partial charge is 0.497 e. The highest BCUT2D eigenvalue weighted by Crippen LogP contribution is 2.21. The highest BCUT2D eigenvalue weighted by atomic mass is 79.9. The molecule has 1 atom stereocenters. The van der Waals surface area contributed by atoms with Gasteiger partial charge in [0.2, 0.25) is 0 Å². The molecule has 0 aliphatic carbocycles. The van der Waals surface area contributed by atoms with Crippen molar-refractivity contribution in [2.75, 3.05) is 7.11 Å². The second kappa shape index (κ2) is 7.00. The fourth-order valence-electron chi connectivity index (χ4n) is 2.33. The number of carbonyl (C=O) groups excluding carboxylic acids is 1. The van der Waals surface area contributed by atoms with Crippen molar-refractivity contribution in [1.82, 2.24) is 15.0 Å². The molecule has 0 fully saturated rings. The number of fused-ring (bicyclic) bond motifs is 1. The third kappa shape index (κ3) is 3.73. The van der Waals surface area contributed by atoms with Crippen LogP contribution in [0.5, 0.6) is 5.75 Å². The third-order valence-corrected chi connectivity index (χ3v) is 3.93. The standard InChI is InChI=1S/C17H16BrN3O3/c1-10(16-20-14-8-12(18)9-19-17(14)21-16)24-15(22)7-11-4-3-5-13(6-11)23-2/h3-6,8-10H,7H2,1-2H3,(H,19,20,21)/t10-/m1/s1. The van der Waals surface area contributed by atoms with Crippen molar-refractivity contribution < 1.29 is 14.3 Å². The Bertz CT molecular complexity index is 878. The summed E-state index contributed by atoms with van der Waals surface area (Å²) < 4.78 is 11.5. The minimum absolute atomic E-state index is 0.172.